The predicted octanol–water partition coefficient (Wildman–Crippen LogP) is 5.08. The van der Waals surface area contributed by atoms with E-state index in [1.165, 1.54) is 0 Å². The van der Waals surface area contributed by atoms with Gasteiger partial charge in [0.15, 0.2) is 0 Å². The van der Waals surface area contributed by atoms with Crippen LogP contribution in [0.1, 0.15) is 21.5 Å². The number of fused-ring (bicyclic) bond motifs is 1. The third-order valence-corrected chi connectivity index (χ3v) is 6.57. The molecule has 0 heterocycles. The summed E-state index contributed by atoms with van der Waals surface area (Å²) in [5.41, 5.74) is 2.56. The van der Waals surface area contributed by atoms with E-state index in [1.54, 1.807) is 30.0 Å². The second-order valence-electron chi connectivity index (χ2n) is 7.39. The van der Waals surface area contributed by atoms with Crippen molar-refractivity contribution in [2.75, 3.05) is 6.26 Å². The molecule has 0 aliphatic heterocycles. The van der Waals surface area contributed by atoms with Crippen molar-refractivity contribution in [1.29, 1.82) is 0 Å². The van der Waals surface area contributed by atoms with Gasteiger partial charge in [0.25, 0.3) is 5.91 Å². The zero-order valence-electron chi connectivity index (χ0n) is 16.3. The van der Waals surface area contributed by atoms with Crippen molar-refractivity contribution >= 4 is 35.2 Å². The molecule has 1 aliphatic carbocycles. The first-order valence-corrected chi connectivity index (χ1v) is 11.1. The molecule has 0 saturated carbocycles. The summed E-state index contributed by atoms with van der Waals surface area (Å²) in [4.78, 5) is 26.3. The summed E-state index contributed by atoms with van der Waals surface area (Å²) in [5.74, 6) is -1.46. The van der Waals surface area contributed by atoms with Crippen molar-refractivity contribution in [3.63, 3.8) is 0 Å². The first kappa shape index (κ1) is 20.5. The monoisotopic (exact) mass is 437 g/mol. The minimum absolute atomic E-state index is 0.265. The Morgan fingerprint density at radius 3 is 2.20 bits per heavy atom. The third kappa shape index (κ3) is 3.83. The number of hydrogen-bond donors (Lipinski definition) is 2. The Morgan fingerprint density at radius 2 is 1.63 bits per heavy atom. The highest BCUT2D eigenvalue weighted by atomic mass is 35.5. The molecule has 0 radical (unpaired) electrons. The lowest BCUT2D eigenvalue weighted by atomic mass is 9.94. The molecular weight excluding hydrogens is 418 g/mol. The number of rotatable bonds is 5. The lowest BCUT2D eigenvalue weighted by Crippen LogP contribution is -2.55. The summed E-state index contributed by atoms with van der Waals surface area (Å²) < 4.78 is 0. The smallest absolute Gasteiger partial charge is 0.330 e. The Kier molecular flexibility index (Phi) is 5.58. The maximum atomic E-state index is 13.0. The number of benzene rings is 3. The van der Waals surface area contributed by atoms with Crippen LogP contribution in [0.4, 0.5) is 0 Å². The average Bonchev–Trinajstić information content (AvgIpc) is 3.13. The molecule has 0 saturated heterocycles. The van der Waals surface area contributed by atoms with E-state index < -0.39 is 17.4 Å². The number of carbonyl (C=O) groups excluding carboxylic acids is 1. The number of aliphatic carboxylic acids is 1. The number of halogens is 1. The molecule has 0 spiro atoms. The minimum Gasteiger partial charge on any atom is -0.479 e. The maximum absolute atomic E-state index is 13.0. The topological polar surface area (TPSA) is 66.4 Å². The summed E-state index contributed by atoms with van der Waals surface area (Å²) in [5, 5.41) is 13.2. The molecule has 0 atom stereocenters. The van der Waals surface area contributed by atoms with Crippen molar-refractivity contribution in [2.24, 2.45) is 0 Å². The van der Waals surface area contributed by atoms with Crippen LogP contribution in [0.2, 0.25) is 5.02 Å². The SMILES string of the molecule is CSc1ccc(-c2cc(C(=O)NC3(C(=O)O)Cc4ccccc4C3)ccc2Cl)cc1. The van der Waals surface area contributed by atoms with E-state index in [-0.39, 0.29) is 12.8 Å². The van der Waals surface area contributed by atoms with Crippen LogP contribution in [0.5, 0.6) is 0 Å². The zero-order valence-corrected chi connectivity index (χ0v) is 17.9. The van der Waals surface area contributed by atoms with Crippen LogP contribution in [0.25, 0.3) is 11.1 Å². The number of hydrogen-bond acceptors (Lipinski definition) is 3. The Balaban J connectivity index is 1.62. The lowest BCUT2D eigenvalue weighted by molar-refractivity contribution is -0.144. The Bertz CT molecular complexity index is 1100. The van der Waals surface area contributed by atoms with Gasteiger partial charge < -0.3 is 10.4 Å². The maximum Gasteiger partial charge on any atom is 0.330 e. The summed E-state index contributed by atoms with van der Waals surface area (Å²) in [7, 11) is 0. The van der Waals surface area contributed by atoms with Crippen LogP contribution >= 0.6 is 23.4 Å². The molecule has 2 N–H and O–H groups in total. The van der Waals surface area contributed by atoms with Gasteiger partial charge in [-0.3, -0.25) is 4.79 Å². The standard InChI is InChI=1S/C24H20ClNO3S/c1-30-19-9-6-15(7-10-19)20-12-16(8-11-21(20)25)22(27)26-24(23(28)29)13-17-4-2-3-5-18(17)14-24/h2-12H,13-14H2,1H3,(H,26,27)(H,28,29). The lowest BCUT2D eigenvalue weighted by Gasteiger charge is -2.25. The second kappa shape index (κ2) is 8.17. The number of amides is 1. The molecular formula is C24H20ClNO3S. The van der Waals surface area contributed by atoms with Crippen LogP contribution in [0, 0.1) is 0 Å². The fourth-order valence-electron chi connectivity index (χ4n) is 3.86. The zero-order chi connectivity index (χ0) is 21.3. The van der Waals surface area contributed by atoms with Gasteiger partial charge in [-0.1, -0.05) is 48.0 Å². The Morgan fingerprint density at radius 1 is 1.00 bits per heavy atom. The molecule has 152 valence electrons. The molecule has 0 unspecified atom stereocenters. The van der Waals surface area contributed by atoms with E-state index >= 15 is 0 Å². The summed E-state index contributed by atoms with van der Waals surface area (Å²) in [6, 6.07) is 20.5. The molecule has 1 aliphatic rings. The minimum atomic E-state index is -1.35. The predicted molar refractivity (Wildman–Crippen MR) is 120 cm³/mol. The van der Waals surface area contributed by atoms with Crippen LogP contribution in [-0.4, -0.2) is 28.8 Å². The van der Waals surface area contributed by atoms with Gasteiger partial charge in [0.2, 0.25) is 0 Å². The fourth-order valence-corrected chi connectivity index (χ4v) is 4.49. The van der Waals surface area contributed by atoms with Gasteiger partial charge in [0.05, 0.1) is 0 Å². The van der Waals surface area contributed by atoms with E-state index in [4.69, 9.17) is 11.6 Å². The largest absolute Gasteiger partial charge is 0.479 e. The molecule has 0 aromatic heterocycles. The average molecular weight is 438 g/mol. The first-order chi connectivity index (χ1) is 14.4. The van der Waals surface area contributed by atoms with Crippen molar-refractivity contribution in [3.8, 4) is 11.1 Å². The van der Waals surface area contributed by atoms with Gasteiger partial charge in [-0.2, -0.15) is 0 Å². The van der Waals surface area contributed by atoms with Gasteiger partial charge in [-0.15, -0.1) is 11.8 Å². The molecule has 0 fully saturated rings. The summed E-state index contributed by atoms with van der Waals surface area (Å²) in [6.45, 7) is 0. The quantitative estimate of drug-likeness (QED) is 0.546. The highest BCUT2D eigenvalue weighted by Crippen LogP contribution is 2.33. The van der Waals surface area contributed by atoms with E-state index in [0.717, 1.165) is 27.1 Å². The number of carbonyl (C=O) groups is 2. The molecule has 30 heavy (non-hydrogen) atoms. The van der Waals surface area contributed by atoms with Crippen molar-refractivity contribution in [3.05, 3.63) is 88.4 Å². The van der Waals surface area contributed by atoms with Crippen molar-refractivity contribution < 1.29 is 14.7 Å². The van der Waals surface area contributed by atoms with E-state index in [2.05, 4.69) is 5.32 Å². The van der Waals surface area contributed by atoms with E-state index in [0.29, 0.717) is 10.6 Å². The van der Waals surface area contributed by atoms with Crippen LogP contribution in [0.3, 0.4) is 0 Å². The highest BCUT2D eigenvalue weighted by Gasteiger charge is 2.45. The van der Waals surface area contributed by atoms with Crippen LogP contribution < -0.4 is 5.32 Å². The number of thioether (sulfide) groups is 1. The van der Waals surface area contributed by atoms with E-state index in [1.807, 2.05) is 54.8 Å². The first-order valence-electron chi connectivity index (χ1n) is 9.48. The van der Waals surface area contributed by atoms with Crippen molar-refractivity contribution in [1.82, 2.24) is 5.32 Å². The number of carboxylic acid groups (broad SMARTS) is 1. The summed E-state index contributed by atoms with van der Waals surface area (Å²) in [6.07, 6.45) is 2.54. The summed E-state index contributed by atoms with van der Waals surface area (Å²) >= 11 is 8.03. The molecule has 1 amide bonds. The number of carboxylic acids is 1. The molecule has 0 bridgehead atoms. The van der Waals surface area contributed by atoms with E-state index in [9.17, 15) is 14.7 Å². The molecule has 6 heteroatoms. The fraction of sp³-hybridized carbons (Fsp3) is 0.167. The van der Waals surface area contributed by atoms with Gasteiger partial charge in [0.1, 0.15) is 5.54 Å². The molecule has 4 rings (SSSR count). The Labute approximate surface area is 184 Å². The van der Waals surface area contributed by atoms with Gasteiger partial charge in [0, 0.05) is 33.9 Å². The van der Waals surface area contributed by atoms with Gasteiger partial charge in [-0.25, -0.2) is 4.79 Å². The van der Waals surface area contributed by atoms with Crippen LogP contribution in [0.15, 0.2) is 71.6 Å². The van der Waals surface area contributed by atoms with Crippen molar-refractivity contribution in [2.45, 2.75) is 23.3 Å². The molecule has 4 nitrogen and oxygen atoms in total. The molecule has 3 aromatic carbocycles. The third-order valence-electron chi connectivity index (χ3n) is 5.49. The number of nitrogens with one attached hydrogen (secondary N) is 1. The second-order valence-corrected chi connectivity index (χ2v) is 8.67. The molecule has 3 aromatic rings. The highest BCUT2D eigenvalue weighted by molar-refractivity contribution is 7.98. The Hall–Kier alpha value is -2.76. The normalized spacial score (nSPS) is 14.2. The van der Waals surface area contributed by atoms with Gasteiger partial charge >= 0.3 is 5.97 Å². The van der Waals surface area contributed by atoms with Crippen LogP contribution in [-0.2, 0) is 17.6 Å². The van der Waals surface area contributed by atoms with Gasteiger partial charge in [-0.05, 0) is 53.3 Å².